The van der Waals surface area contributed by atoms with Gasteiger partial charge in [-0.3, -0.25) is 9.69 Å². The molecule has 2 rings (SSSR count). The number of carbonyl (C=O) groups is 1. The van der Waals surface area contributed by atoms with E-state index in [-0.39, 0.29) is 0 Å². The summed E-state index contributed by atoms with van der Waals surface area (Å²) in [6.45, 7) is 1.45. The Morgan fingerprint density at radius 2 is 1.95 bits per heavy atom. The van der Waals surface area contributed by atoms with Crippen molar-refractivity contribution in [2.75, 3.05) is 13.6 Å². The maximum absolute atomic E-state index is 12.2. The summed E-state index contributed by atoms with van der Waals surface area (Å²) in [4.78, 5) is 14.4. The summed E-state index contributed by atoms with van der Waals surface area (Å²) in [5.41, 5.74) is 1.31. The Labute approximate surface area is 129 Å². The van der Waals surface area contributed by atoms with E-state index in [0.717, 1.165) is 19.4 Å². The Kier molecular flexibility index (Phi) is 5.82. The van der Waals surface area contributed by atoms with Gasteiger partial charge < -0.3 is 0 Å². The minimum atomic E-state index is 0.325. The van der Waals surface area contributed by atoms with Crippen LogP contribution in [0.15, 0.2) is 24.3 Å². The van der Waals surface area contributed by atoms with Crippen LogP contribution in [0, 0.1) is 9.49 Å². The van der Waals surface area contributed by atoms with Crippen molar-refractivity contribution in [1.29, 1.82) is 0 Å². The van der Waals surface area contributed by atoms with Crippen molar-refractivity contribution in [2.45, 2.75) is 38.6 Å². The van der Waals surface area contributed by atoms with Gasteiger partial charge in [-0.25, -0.2) is 0 Å². The molecule has 0 aliphatic heterocycles. The van der Waals surface area contributed by atoms with Crippen molar-refractivity contribution in [2.24, 2.45) is 5.92 Å². The topological polar surface area (TPSA) is 20.3 Å². The average Bonchev–Trinajstić information content (AvgIpc) is 2.42. The van der Waals surface area contributed by atoms with Crippen LogP contribution in [0.3, 0.4) is 0 Å². The van der Waals surface area contributed by atoms with Crippen LogP contribution in [0.2, 0.25) is 0 Å². The number of hydrogen-bond donors (Lipinski definition) is 0. The second kappa shape index (κ2) is 7.39. The molecule has 19 heavy (non-hydrogen) atoms. The van der Waals surface area contributed by atoms with Gasteiger partial charge in [0.1, 0.15) is 5.78 Å². The monoisotopic (exact) mass is 371 g/mol. The van der Waals surface area contributed by atoms with Gasteiger partial charge in [0.15, 0.2) is 0 Å². The van der Waals surface area contributed by atoms with Crippen molar-refractivity contribution >= 4 is 28.4 Å². The summed E-state index contributed by atoms with van der Waals surface area (Å²) < 4.78 is 1.28. The number of halogens is 1. The second-order valence-electron chi connectivity index (χ2n) is 5.56. The number of Topliss-reactive ketones (excluding diaryl/α,β-unsaturated/α-hetero) is 1. The van der Waals surface area contributed by atoms with Crippen molar-refractivity contribution < 1.29 is 4.79 Å². The molecular formula is C16H22INO. The van der Waals surface area contributed by atoms with Crippen LogP contribution >= 0.6 is 22.6 Å². The minimum absolute atomic E-state index is 0.325. The summed E-state index contributed by atoms with van der Waals surface area (Å²) >= 11 is 2.36. The van der Waals surface area contributed by atoms with Crippen LogP contribution in [0.4, 0.5) is 0 Å². The lowest BCUT2D eigenvalue weighted by molar-refractivity contribution is -0.124. The van der Waals surface area contributed by atoms with Gasteiger partial charge in [-0.15, -0.1) is 0 Å². The SMILES string of the molecule is CN(CC(=O)C1CCCCC1)Cc1ccccc1I. The Bertz CT molecular complexity index is 427. The number of hydrogen-bond acceptors (Lipinski definition) is 2. The van der Waals surface area contributed by atoms with Crippen molar-refractivity contribution in [3.63, 3.8) is 0 Å². The van der Waals surface area contributed by atoms with E-state index in [1.165, 1.54) is 28.4 Å². The van der Waals surface area contributed by atoms with E-state index in [1.54, 1.807) is 0 Å². The van der Waals surface area contributed by atoms with E-state index >= 15 is 0 Å². The van der Waals surface area contributed by atoms with E-state index in [0.29, 0.717) is 18.2 Å². The van der Waals surface area contributed by atoms with Gasteiger partial charge in [0.2, 0.25) is 0 Å². The van der Waals surface area contributed by atoms with Gasteiger partial charge >= 0.3 is 0 Å². The largest absolute Gasteiger partial charge is 0.298 e. The van der Waals surface area contributed by atoms with E-state index in [4.69, 9.17) is 0 Å². The van der Waals surface area contributed by atoms with Crippen molar-refractivity contribution in [3.8, 4) is 0 Å². The fourth-order valence-electron chi connectivity index (χ4n) is 2.79. The molecular weight excluding hydrogens is 349 g/mol. The Hall–Kier alpha value is -0.420. The van der Waals surface area contributed by atoms with Gasteiger partial charge in [0, 0.05) is 16.0 Å². The zero-order valence-electron chi connectivity index (χ0n) is 11.6. The number of ketones is 1. The molecule has 3 heteroatoms. The van der Waals surface area contributed by atoms with Crippen LogP contribution in [0.1, 0.15) is 37.7 Å². The molecule has 1 aromatic rings. The van der Waals surface area contributed by atoms with Gasteiger partial charge in [-0.1, -0.05) is 37.5 Å². The third-order valence-electron chi connectivity index (χ3n) is 3.88. The molecule has 1 aliphatic carbocycles. The van der Waals surface area contributed by atoms with Gasteiger partial charge in [0.25, 0.3) is 0 Å². The van der Waals surface area contributed by atoms with Gasteiger partial charge in [-0.05, 0) is 54.1 Å². The summed E-state index contributed by atoms with van der Waals surface area (Å²) in [6.07, 6.45) is 5.99. The number of carbonyl (C=O) groups excluding carboxylic acids is 1. The molecule has 0 N–H and O–H groups in total. The molecule has 0 heterocycles. The van der Waals surface area contributed by atoms with E-state index < -0.39 is 0 Å². The third-order valence-corrected chi connectivity index (χ3v) is 4.94. The molecule has 0 amide bonds. The number of benzene rings is 1. The summed E-state index contributed by atoms with van der Waals surface area (Å²) in [5, 5.41) is 0. The minimum Gasteiger partial charge on any atom is -0.298 e. The molecule has 0 unspecified atom stereocenters. The number of likely N-dealkylation sites (N-methyl/N-ethyl adjacent to an activating group) is 1. The molecule has 1 fully saturated rings. The maximum atomic E-state index is 12.2. The smallest absolute Gasteiger partial charge is 0.149 e. The quantitative estimate of drug-likeness (QED) is 0.733. The predicted octanol–water partition coefficient (Wildman–Crippen LogP) is 3.87. The first-order valence-corrected chi connectivity index (χ1v) is 8.19. The molecule has 0 spiro atoms. The van der Waals surface area contributed by atoms with Gasteiger partial charge in [-0.2, -0.15) is 0 Å². The molecule has 0 aromatic heterocycles. The van der Waals surface area contributed by atoms with E-state index in [2.05, 4.69) is 51.8 Å². The highest BCUT2D eigenvalue weighted by molar-refractivity contribution is 14.1. The molecule has 1 saturated carbocycles. The standard InChI is InChI=1S/C16H22INO/c1-18(11-14-9-5-6-10-15(14)17)12-16(19)13-7-3-2-4-8-13/h5-6,9-10,13H,2-4,7-8,11-12H2,1H3. The zero-order valence-corrected chi connectivity index (χ0v) is 13.7. The molecule has 104 valence electrons. The lowest BCUT2D eigenvalue weighted by Crippen LogP contribution is -2.31. The van der Waals surface area contributed by atoms with Crippen LogP contribution in [-0.2, 0) is 11.3 Å². The highest BCUT2D eigenvalue weighted by Crippen LogP contribution is 2.24. The third kappa shape index (κ3) is 4.56. The normalized spacial score (nSPS) is 16.8. The van der Waals surface area contributed by atoms with Gasteiger partial charge in [0.05, 0.1) is 6.54 Å². The maximum Gasteiger partial charge on any atom is 0.149 e. The fraction of sp³-hybridized carbons (Fsp3) is 0.562. The Morgan fingerprint density at radius 1 is 1.26 bits per heavy atom. The van der Waals surface area contributed by atoms with Crippen molar-refractivity contribution in [1.82, 2.24) is 4.90 Å². The highest BCUT2D eigenvalue weighted by atomic mass is 127. The first kappa shape index (κ1) is 15.0. The van der Waals surface area contributed by atoms with Crippen molar-refractivity contribution in [3.05, 3.63) is 33.4 Å². The molecule has 2 nitrogen and oxygen atoms in total. The fourth-order valence-corrected chi connectivity index (χ4v) is 3.35. The molecule has 0 atom stereocenters. The van der Waals surface area contributed by atoms with E-state index in [9.17, 15) is 4.79 Å². The Balaban J connectivity index is 1.85. The first-order chi connectivity index (χ1) is 9.16. The lowest BCUT2D eigenvalue weighted by Gasteiger charge is -2.23. The highest BCUT2D eigenvalue weighted by Gasteiger charge is 2.21. The van der Waals surface area contributed by atoms with Crippen LogP contribution < -0.4 is 0 Å². The van der Waals surface area contributed by atoms with Crippen LogP contribution in [0.25, 0.3) is 0 Å². The number of nitrogens with zero attached hydrogens (tertiary/aromatic N) is 1. The summed E-state index contributed by atoms with van der Waals surface area (Å²) in [6, 6.07) is 8.38. The zero-order chi connectivity index (χ0) is 13.7. The summed E-state index contributed by atoms with van der Waals surface area (Å²) in [7, 11) is 2.05. The van der Waals surface area contributed by atoms with E-state index in [1.807, 2.05) is 7.05 Å². The Morgan fingerprint density at radius 3 is 2.63 bits per heavy atom. The lowest BCUT2D eigenvalue weighted by atomic mass is 9.86. The van der Waals surface area contributed by atoms with Crippen LogP contribution in [0.5, 0.6) is 0 Å². The predicted molar refractivity (Wildman–Crippen MR) is 87.1 cm³/mol. The molecule has 0 bridgehead atoms. The number of rotatable bonds is 5. The molecule has 0 radical (unpaired) electrons. The van der Waals surface area contributed by atoms with Crippen LogP contribution in [-0.4, -0.2) is 24.3 Å². The summed E-state index contributed by atoms with van der Waals surface area (Å²) in [5.74, 6) is 0.763. The molecule has 0 saturated heterocycles. The second-order valence-corrected chi connectivity index (χ2v) is 6.73. The average molecular weight is 371 g/mol. The molecule has 1 aliphatic rings. The molecule has 1 aromatic carbocycles. The first-order valence-electron chi connectivity index (χ1n) is 7.11.